The number of aliphatic imine (C=N–C) groups is 2. The fourth-order valence-electron chi connectivity index (χ4n) is 1.85. The van der Waals surface area contributed by atoms with Gasteiger partial charge in [-0.2, -0.15) is 0 Å². The Kier molecular flexibility index (Phi) is 2.83. The largest absolute Gasteiger partial charge is 0.467 e. The Labute approximate surface area is 112 Å². The second kappa shape index (κ2) is 4.49. The van der Waals surface area contributed by atoms with E-state index in [9.17, 15) is 0 Å². The van der Waals surface area contributed by atoms with Gasteiger partial charge in [-0.3, -0.25) is 0 Å². The van der Waals surface area contributed by atoms with E-state index in [0.29, 0.717) is 24.9 Å². The quantitative estimate of drug-likeness (QED) is 0.752. The van der Waals surface area contributed by atoms with Crippen molar-refractivity contribution in [2.45, 2.75) is 6.10 Å². The summed E-state index contributed by atoms with van der Waals surface area (Å²) in [4.78, 5) is 11.5. The zero-order valence-electron chi connectivity index (χ0n) is 9.48. The number of hydrogen-bond acceptors (Lipinski definition) is 5. The minimum atomic E-state index is -0.0642. The molecule has 7 heteroatoms. The molecule has 0 saturated carbocycles. The second-order valence-corrected chi connectivity index (χ2v) is 4.97. The highest BCUT2D eigenvalue weighted by Crippen LogP contribution is 2.17. The molecule has 1 atom stereocenters. The molecule has 1 aromatic heterocycles. The van der Waals surface area contributed by atoms with Gasteiger partial charge in [0.2, 0.25) is 5.90 Å². The second-order valence-electron chi connectivity index (χ2n) is 4.05. The van der Waals surface area contributed by atoms with E-state index < -0.39 is 0 Å². The molecule has 1 unspecified atom stereocenters. The highest BCUT2D eigenvalue weighted by atomic mass is 79.9. The number of aromatic nitrogens is 1. The van der Waals surface area contributed by atoms with Gasteiger partial charge in [0.15, 0.2) is 5.96 Å². The van der Waals surface area contributed by atoms with Gasteiger partial charge < -0.3 is 20.8 Å². The molecule has 3 heterocycles. The third-order valence-electron chi connectivity index (χ3n) is 2.65. The first kappa shape index (κ1) is 11.3. The minimum Gasteiger partial charge on any atom is -0.467 e. The summed E-state index contributed by atoms with van der Waals surface area (Å²) in [5.74, 6) is 1.09. The number of hydrogen-bond donors (Lipinski definition) is 3. The Bertz CT molecular complexity index is 560. The molecule has 0 aliphatic carbocycles. The van der Waals surface area contributed by atoms with Crippen LogP contribution in [0.1, 0.15) is 5.69 Å². The summed E-state index contributed by atoms with van der Waals surface area (Å²) in [7, 11) is 0. The van der Waals surface area contributed by atoms with E-state index in [1.54, 1.807) is 0 Å². The van der Waals surface area contributed by atoms with Crippen LogP contribution >= 0.6 is 15.9 Å². The van der Waals surface area contributed by atoms with Crippen molar-refractivity contribution in [2.75, 3.05) is 13.1 Å². The Morgan fingerprint density at radius 3 is 3.06 bits per heavy atom. The summed E-state index contributed by atoms with van der Waals surface area (Å²) < 4.78 is 6.72. The molecule has 0 fully saturated rings. The standard InChI is InChI=1S/C11H12BrN5O/c12-6-1-9(14-3-6)10-15-5-8(18-10)2-7-4-16-11(13)17-7/h1-3,8,14H,4-5H2,(H3,13,16,17)/b7-2+. The number of guanidine groups is 1. The summed E-state index contributed by atoms with van der Waals surface area (Å²) in [5.41, 5.74) is 7.37. The van der Waals surface area contributed by atoms with E-state index in [2.05, 4.69) is 36.2 Å². The number of nitrogens with zero attached hydrogens (tertiary/aromatic N) is 2. The first-order valence-electron chi connectivity index (χ1n) is 5.54. The number of ether oxygens (including phenoxy) is 1. The Balaban J connectivity index is 1.64. The average molecular weight is 310 g/mol. The van der Waals surface area contributed by atoms with Crippen molar-refractivity contribution in [1.29, 1.82) is 0 Å². The summed E-state index contributed by atoms with van der Waals surface area (Å²) in [6, 6.07) is 1.93. The SMILES string of the molecule is NC1=NC/C(=C\C2CN=C(c3cc(Br)c[nH]3)O2)N1. The van der Waals surface area contributed by atoms with Crippen LogP contribution in [-0.2, 0) is 4.74 Å². The van der Waals surface area contributed by atoms with E-state index in [4.69, 9.17) is 10.5 Å². The summed E-state index contributed by atoms with van der Waals surface area (Å²) in [6.45, 7) is 1.19. The Morgan fingerprint density at radius 1 is 1.50 bits per heavy atom. The molecule has 2 aliphatic heterocycles. The number of aromatic amines is 1. The van der Waals surface area contributed by atoms with Gasteiger partial charge >= 0.3 is 0 Å². The van der Waals surface area contributed by atoms with Gasteiger partial charge in [0.1, 0.15) is 11.8 Å². The zero-order valence-corrected chi connectivity index (χ0v) is 11.1. The van der Waals surface area contributed by atoms with Gasteiger partial charge in [0.25, 0.3) is 0 Å². The van der Waals surface area contributed by atoms with Crippen LogP contribution in [0.3, 0.4) is 0 Å². The molecule has 0 bridgehead atoms. The lowest BCUT2D eigenvalue weighted by atomic mass is 10.3. The summed E-state index contributed by atoms with van der Waals surface area (Å²) in [6.07, 6.45) is 3.75. The van der Waals surface area contributed by atoms with Crippen molar-refractivity contribution >= 4 is 27.8 Å². The number of H-pyrrole nitrogens is 1. The fraction of sp³-hybridized carbons (Fsp3) is 0.273. The van der Waals surface area contributed by atoms with Gasteiger partial charge in [-0.15, -0.1) is 0 Å². The third-order valence-corrected chi connectivity index (χ3v) is 3.11. The van der Waals surface area contributed by atoms with Gasteiger partial charge in [0.05, 0.1) is 13.1 Å². The van der Waals surface area contributed by atoms with Crippen molar-refractivity contribution < 1.29 is 4.74 Å². The van der Waals surface area contributed by atoms with Gasteiger partial charge in [-0.1, -0.05) is 0 Å². The van der Waals surface area contributed by atoms with Crippen LogP contribution in [0.15, 0.2) is 38.5 Å². The van der Waals surface area contributed by atoms with E-state index in [-0.39, 0.29) is 6.10 Å². The monoisotopic (exact) mass is 309 g/mol. The molecule has 3 rings (SSSR count). The molecule has 4 N–H and O–H groups in total. The third kappa shape index (κ3) is 2.26. The topological polar surface area (TPSA) is 87.8 Å². The lowest BCUT2D eigenvalue weighted by Gasteiger charge is -2.07. The van der Waals surface area contributed by atoms with Crippen LogP contribution in [-0.4, -0.2) is 36.0 Å². The molecule has 0 saturated heterocycles. The highest BCUT2D eigenvalue weighted by Gasteiger charge is 2.21. The molecule has 0 spiro atoms. The molecular formula is C11H12BrN5O. The van der Waals surface area contributed by atoms with Crippen molar-refractivity contribution in [3.63, 3.8) is 0 Å². The first-order chi connectivity index (χ1) is 8.70. The van der Waals surface area contributed by atoms with E-state index in [1.807, 2.05) is 18.3 Å². The zero-order chi connectivity index (χ0) is 12.5. The smallest absolute Gasteiger partial charge is 0.233 e. The van der Waals surface area contributed by atoms with E-state index in [1.165, 1.54) is 0 Å². The lowest BCUT2D eigenvalue weighted by Crippen LogP contribution is -2.26. The number of rotatable bonds is 2. The van der Waals surface area contributed by atoms with Crippen molar-refractivity contribution in [1.82, 2.24) is 10.3 Å². The summed E-state index contributed by atoms with van der Waals surface area (Å²) in [5, 5.41) is 2.98. The number of nitrogens with one attached hydrogen (secondary N) is 2. The number of halogens is 1. The molecule has 2 aliphatic rings. The van der Waals surface area contributed by atoms with Gasteiger partial charge in [-0.25, -0.2) is 9.98 Å². The van der Waals surface area contributed by atoms with Crippen molar-refractivity contribution in [2.24, 2.45) is 15.7 Å². The molecule has 0 radical (unpaired) electrons. The molecule has 6 nitrogen and oxygen atoms in total. The predicted molar refractivity (Wildman–Crippen MR) is 72.5 cm³/mol. The lowest BCUT2D eigenvalue weighted by molar-refractivity contribution is 0.273. The normalized spacial score (nSPS) is 24.7. The first-order valence-corrected chi connectivity index (χ1v) is 6.33. The van der Waals surface area contributed by atoms with E-state index in [0.717, 1.165) is 15.9 Å². The van der Waals surface area contributed by atoms with Crippen LogP contribution in [0.5, 0.6) is 0 Å². The maximum absolute atomic E-state index is 5.75. The Hall–Kier alpha value is -1.76. The van der Waals surface area contributed by atoms with Gasteiger partial charge in [0, 0.05) is 16.4 Å². The van der Waals surface area contributed by atoms with Crippen molar-refractivity contribution in [3.05, 3.63) is 34.2 Å². The molecule has 18 heavy (non-hydrogen) atoms. The maximum Gasteiger partial charge on any atom is 0.233 e. The van der Waals surface area contributed by atoms with Crippen LogP contribution in [0.25, 0.3) is 0 Å². The minimum absolute atomic E-state index is 0.0642. The maximum atomic E-state index is 5.75. The van der Waals surface area contributed by atoms with Crippen LogP contribution in [0.2, 0.25) is 0 Å². The van der Waals surface area contributed by atoms with Gasteiger partial charge in [-0.05, 0) is 28.1 Å². The van der Waals surface area contributed by atoms with Crippen LogP contribution in [0, 0.1) is 0 Å². The van der Waals surface area contributed by atoms with Crippen LogP contribution in [0.4, 0.5) is 0 Å². The predicted octanol–water partition coefficient (Wildman–Crippen LogP) is 0.724. The molecular weight excluding hydrogens is 298 g/mol. The number of nitrogens with two attached hydrogens (primary N) is 1. The van der Waals surface area contributed by atoms with E-state index >= 15 is 0 Å². The average Bonchev–Trinajstić information content (AvgIpc) is 3.01. The fourth-order valence-corrected chi connectivity index (χ4v) is 2.19. The highest BCUT2D eigenvalue weighted by molar-refractivity contribution is 9.10. The molecule has 94 valence electrons. The molecule has 0 aromatic carbocycles. The van der Waals surface area contributed by atoms with Crippen molar-refractivity contribution in [3.8, 4) is 0 Å². The Morgan fingerprint density at radius 2 is 2.39 bits per heavy atom. The molecule has 1 aromatic rings. The molecule has 0 amide bonds. The van der Waals surface area contributed by atoms with Crippen LogP contribution < -0.4 is 11.1 Å². The summed E-state index contributed by atoms with van der Waals surface area (Å²) >= 11 is 3.38.